The summed E-state index contributed by atoms with van der Waals surface area (Å²) in [5.74, 6) is 0.712. The van der Waals surface area contributed by atoms with Gasteiger partial charge >= 0.3 is 0 Å². The molecule has 2 heterocycles. The highest BCUT2D eigenvalue weighted by atomic mass is 14.9. The Bertz CT molecular complexity index is 253. The summed E-state index contributed by atoms with van der Waals surface area (Å²) in [5.41, 5.74) is 2.78. The maximum Gasteiger partial charge on any atom is 0.0306 e. The molecule has 0 aromatic carbocycles. The first-order valence-electron chi connectivity index (χ1n) is 3.99. The molecule has 11 heavy (non-hydrogen) atoms. The third-order valence-electron chi connectivity index (χ3n) is 2.30. The highest BCUT2D eigenvalue weighted by molar-refractivity contribution is 5.27. The van der Waals surface area contributed by atoms with Crippen molar-refractivity contribution in [2.75, 3.05) is 13.1 Å². The second-order valence-electron chi connectivity index (χ2n) is 3.09. The molecule has 0 spiro atoms. The summed E-state index contributed by atoms with van der Waals surface area (Å²) < 4.78 is 0. The van der Waals surface area contributed by atoms with E-state index in [1.807, 2.05) is 12.4 Å². The van der Waals surface area contributed by atoms with Crippen molar-refractivity contribution in [3.8, 4) is 0 Å². The summed E-state index contributed by atoms with van der Waals surface area (Å²) in [5, 5.41) is 3.26. The minimum atomic E-state index is 0.712. The van der Waals surface area contributed by atoms with Gasteiger partial charge < -0.3 is 5.32 Å². The Labute approximate surface area is 66.7 Å². The molecule has 0 bridgehead atoms. The van der Waals surface area contributed by atoms with Gasteiger partial charge in [0.1, 0.15) is 0 Å². The molecule has 0 amide bonds. The normalized spacial score (nSPS) is 17.9. The average Bonchev–Trinajstić information content (AvgIpc) is 1.90. The largest absolute Gasteiger partial charge is 0.315 e. The number of pyridine rings is 1. The Morgan fingerprint density at radius 1 is 1.55 bits per heavy atom. The van der Waals surface area contributed by atoms with E-state index in [-0.39, 0.29) is 0 Å². The third-order valence-corrected chi connectivity index (χ3v) is 2.30. The van der Waals surface area contributed by atoms with Crippen molar-refractivity contribution >= 4 is 0 Å². The van der Waals surface area contributed by atoms with E-state index in [0.29, 0.717) is 5.92 Å². The predicted octanol–water partition coefficient (Wildman–Crippen LogP) is 1.08. The van der Waals surface area contributed by atoms with E-state index in [9.17, 15) is 0 Å². The summed E-state index contributed by atoms with van der Waals surface area (Å²) in [4.78, 5) is 4.12. The van der Waals surface area contributed by atoms with Gasteiger partial charge in [0.15, 0.2) is 0 Å². The van der Waals surface area contributed by atoms with Gasteiger partial charge in [0.2, 0.25) is 0 Å². The smallest absolute Gasteiger partial charge is 0.0306 e. The van der Waals surface area contributed by atoms with Gasteiger partial charge in [-0.05, 0) is 24.1 Å². The lowest BCUT2D eigenvalue weighted by Gasteiger charge is -2.28. The minimum absolute atomic E-state index is 0.712. The van der Waals surface area contributed by atoms with Crippen molar-refractivity contribution in [3.05, 3.63) is 29.6 Å². The predicted molar refractivity (Wildman–Crippen MR) is 44.6 cm³/mol. The molecule has 0 saturated carbocycles. The fraction of sp³-hybridized carbons (Fsp3) is 0.444. The molecule has 2 nitrogen and oxygen atoms in total. The molecule has 1 aromatic rings. The molecule has 2 heteroatoms. The first-order chi connectivity index (χ1) is 5.38. The molecule has 0 atom stereocenters. The molecule has 1 aromatic heterocycles. The van der Waals surface area contributed by atoms with Crippen LogP contribution < -0.4 is 5.32 Å². The topological polar surface area (TPSA) is 24.9 Å². The van der Waals surface area contributed by atoms with Gasteiger partial charge in [-0.2, -0.15) is 0 Å². The number of nitrogens with one attached hydrogen (secondary N) is 1. The van der Waals surface area contributed by atoms with Crippen molar-refractivity contribution in [3.63, 3.8) is 0 Å². The van der Waals surface area contributed by atoms with E-state index >= 15 is 0 Å². The highest BCUT2D eigenvalue weighted by Gasteiger charge is 2.19. The average molecular weight is 148 g/mol. The van der Waals surface area contributed by atoms with Crippen LogP contribution in [0.15, 0.2) is 18.5 Å². The van der Waals surface area contributed by atoms with Crippen LogP contribution in [0.2, 0.25) is 0 Å². The fourth-order valence-corrected chi connectivity index (χ4v) is 1.41. The fourth-order valence-electron chi connectivity index (χ4n) is 1.41. The molecule has 2 rings (SSSR count). The lowest BCUT2D eigenvalue weighted by molar-refractivity contribution is 0.446. The maximum absolute atomic E-state index is 4.12. The van der Waals surface area contributed by atoms with E-state index in [4.69, 9.17) is 0 Å². The van der Waals surface area contributed by atoms with Gasteiger partial charge in [-0.3, -0.25) is 4.98 Å². The van der Waals surface area contributed by atoms with Crippen LogP contribution in [0.3, 0.4) is 0 Å². The van der Waals surface area contributed by atoms with Crippen LogP contribution in [0.1, 0.15) is 17.0 Å². The summed E-state index contributed by atoms with van der Waals surface area (Å²) in [6, 6.07) is 2.08. The van der Waals surface area contributed by atoms with Crippen molar-refractivity contribution in [1.29, 1.82) is 0 Å². The monoisotopic (exact) mass is 148 g/mol. The number of nitrogens with zero attached hydrogens (tertiary/aromatic N) is 1. The number of hydrogen-bond donors (Lipinski definition) is 1. The Morgan fingerprint density at radius 3 is 2.91 bits per heavy atom. The van der Waals surface area contributed by atoms with Crippen LogP contribution in [-0.2, 0) is 0 Å². The molecular formula is C9H12N2. The van der Waals surface area contributed by atoms with E-state index in [1.54, 1.807) is 0 Å². The van der Waals surface area contributed by atoms with Gasteiger partial charge in [0, 0.05) is 31.4 Å². The van der Waals surface area contributed by atoms with Crippen molar-refractivity contribution in [2.45, 2.75) is 12.8 Å². The van der Waals surface area contributed by atoms with Gasteiger partial charge in [0.25, 0.3) is 0 Å². The Hall–Kier alpha value is -0.890. The van der Waals surface area contributed by atoms with E-state index in [2.05, 4.69) is 23.3 Å². The zero-order valence-corrected chi connectivity index (χ0v) is 6.67. The molecule has 1 saturated heterocycles. The van der Waals surface area contributed by atoms with Gasteiger partial charge in [0.05, 0.1) is 0 Å². The molecule has 1 N–H and O–H groups in total. The van der Waals surface area contributed by atoms with E-state index < -0.39 is 0 Å². The standard InChI is InChI=1S/C9H12N2/c1-7-2-3-10-6-9(7)8-4-11-5-8/h2-3,6,8,11H,4-5H2,1H3. The van der Waals surface area contributed by atoms with Crippen LogP contribution in [0.4, 0.5) is 0 Å². The molecule has 1 fully saturated rings. The third kappa shape index (κ3) is 1.14. The van der Waals surface area contributed by atoms with Crippen LogP contribution in [0.5, 0.6) is 0 Å². The minimum Gasteiger partial charge on any atom is -0.315 e. The van der Waals surface area contributed by atoms with Crippen LogP contribution in [-0.4, -0.2) is 18.1 Å². The Morgan fingerprint density at radius 2 is 2.36 bits per heavy atom. The highest BCUT2D eigenvalue weighted by Crippen LogP contribution is 2.21. The summed E-state index contributed by atoms with van der Waals surface area (Å²) in [6.07, 6.45) is 3.84. The molecule has 0 radical (unpaired) electrons. The summed E-state index contributed by atoms with van der Waals surface area (Å²) in [7, 11) is 0. The summed E-state index contributed by atoms with van der Waals surface area (Å²) in [6.45, 7) is 4.38. The van der Waals surface area contributed by atoms with Gasteiger partial charge in [-0.1, -0.05) is 0 Å². The van der Waals surface area contributed by atoms with Crippen molar-refractivity contribution in [2.24, 2.45) is 0 Å². The molecule has 0 unspecified atom stereocenters. The first kappa shape index (κ1) is 6.80. The zero-order valence-electron chi connectivity index (χ0n) is 6.67. The zero-order chi connectivity index (χ0) is 7.68. The lowest BCUT2D eigenvalue weighted by atomic mass is 9.92. The quantitative estimate of drug-likeness (QED) is 0.644. The number of aryl methyl sites for hydroxylation is 1. The Balaban J connectivity index is 2.28. The summed E-state index contributed by atoms with van der Waals surface area (Å²) >= 11 is 0. The second-order valence-corrected chi connectivity index (χ2v) is 3.09. The number of rotatable bonds is 1. The SMILES string of the molecule is Cc1ccncc1C1CNC1. The lowest BCUT2D eigenvalue weighted by Crippen LogP contribution is -2.40. The second kappa shape index (κ2) is 2.62. The van der Waals surface area contributed by atoms with Gasteiger partial charge in [-0.25, -0.2) is 0 Å². The van der Waals surface area contributed by atoms with Crippen molar-refractivity contribution < 1.29 is 0 Å². The van der Waals surface area contributed by atoms with Crippen LogP contribution in [0, 0.1) is 6.92 Å². The first-order valence-corrected chi connectivity index (χ1v) is 3.99. The molecule has 1 aliphatic heterocycles. The maximum atomic E-state index is 4.12. The molecule has 58 valence electrons. The molecular weight excluding hydrogens is 136 g/mol. The van der Waals surface area contributed by atoms with E-state index in [1.165, 1.54) is 11.1 Å². The van der Waals surface area contributed by atoms with Crippen LogP contribution in [0.25, 0.3) is 0 Å². The molecule has 1 aliphatic rings. The van der Waals surface area contributed by atoms with Crippen molar-refractivity contribution in [1.82, 2.24) is 10.3 Å². The van der Waals surface area contributed by atoms with E-state index in [0.717, 1.165) is 13.1 Å². The number of aromatic nitrogens is 1. The van der Waals surface area contributed by atoms with Crippen LogP contribution >= 0.6 is 0 Å². The van der Waals surface area contributed by atoms with Gasteiger partial charge in [-0.15, -0.1) is 0 Å². The Kier molecular flexibility index (Phi) is 1.62. The number of hydrogen-bond acceptors (Lipinski definition) is 2. The molecule has 0 aliphatic carbocycles.